The van der Waals surface area contributed by atoms with Crippen molar-refractivity contribution in [1.29, 1.82) is 0 Å². The molecule has 2 aliphatic rings. The highest BCUT2D eigenvalue weighted by molar-refractivity contribution is 4.83. The van der Waals surface area contributed by atoms with Crippen molar-refractivity contribution in [3.63, 3.8) is 0 Å². The summed E-state index contributed by atoms with van der Waals surface area (Å²) in [7, 11) is 0. The summed E-state index contributed by atoms with van der Waals surface area (Å²) < 4.78 is 0. The van der Waals surface area contributed by atoms with Gasteiger partial charge in [0.15, 0.2) is 0 Å². The molecule has 0 unspecified atom stereocenters. The summed E-state index contributed by atoms with van der Waals surface area (Å²) in [6.07, 6.45) is 7.22. The fourth-order valence-corrected chi connectivity index (χ4v) is 2.39. The molecule has 0 radical (unpaired) electrons. The van der Waals surface area contributed by atoms with E-state index >= 15 is 0 Å². The Morgan fingerprint density at radius 3 is 2.38 bits per heavy atom. The highest BCUT2D eigenvalue weighted by atomic mass is 14.9. The van der Waals surface area contributed by atoms with Gasteiger partial charge in [-0.25, -0.2) is 0 Å². The Bertz CT molecular complexity index is 163. The summed E-state index contributed by atoms with van der Waals surface area (Å²) in [6.45, 7) is 6.11. The molecule has 0 heterocycles. The number of nitrogens with one attached hydrogen (secondary N) is 1. The lowest BCUT2D eigenvalue weighted by molar-refractivity contribution is 0.225. The Hall–Kier alpha value is -0.0400. The van der Waals surface area contributed by atoms with E-state index in [1.807, 2.05) is 0 Å². The number of hydrogen-bond acceptors (Lipinski definition) is 1. The Kier molecular flexibility index (Phi) is 2.92. The van der Waals surface area contributed by atoms with Crippen molar-refractivity contribution in [2.75, 3.05) is 6.54 Å². The lowest BCUT2D eigenvalue weighted by atomic mass is 9.79. The molecular weight excluding hydrogens is 158 g/mol. The lowest BCUT2D eigenvalue weighted by Gasteiger charge is -2.32. The first-order valence-electron chi connectivity index (χ1n) is 5.99. The first kappa shape index (κ1) is 9.51. The fraction of sp³-hybridized carbons (Fsp3) is 1.00. The van der Waals surface area contributed by atoms with Crippen LogP contribution in [0.15, 0.2) is 0 Å². The van der Waals surface area contributed by atoms with E-state index in [2.05, 4.69) is 19.2 Å². The summed E-state index contributed by atoms with van der Waals surface area (Å²) in [4.78, 5) is 0. The minimum absolute atomic E-state index is 0.840. The minimum Gasteiger partial charge on any atom is -0.314 e. The van der Waals surface area contributed by atoms with Crippen molar-refractivity contribution in [2.24, 2.45) is 17.8 Å². The molecule has 76 valence electrons. The SMILES string of the molecule is C[C@H]1CC[C@H](NCC2CC2)C[C@@H]1C. The molecule has 0 aliphatic heterocycles. The van der Waals surface area contributed by atoms with E-state index in [4.69, 9.17) is 0 Å². The standard InChI is InChI=1S/C12H23N/c1-9-3-6-12(7-10(9)2)13-8-11-4-5-11/h9-13H,3-8H2,1-2H3/t9-,10-,12-/m0/s1. The predicted octanol–water partition coefficient (Wildman–Crippen LogP) is 2.81. The summed E-state index contributed by atoms with van der Waals surface area (Å²) in [5.41, 5.74) is 0. The average Bonchev–Trinajstić information content (AvgIpc) is 2.91. The van der Waals surface area contributed by atoms with Crippen molar-refractivity contribution in [3.05, 3.63) is 0 Å². The zero-order chi connectivity index (χ0) is 9.26. The first-order valence-corrected chi connectivity index (χ1v) is 5.99. The van der Waals surface area contributed by atoms with Crippen LogP contribution in [0.5, 0.6) is 0 Å². The van der Waals surface area contributed by atoms with Crippen LogP contribution in [0.1, 0.15) is 46.0 Å². The first-order chi connectivity index (χ1) is 6.25. The van der Waals surface area contributed by atoms with E-state index in [-0.39, 0.29) is 0 Å². The van der Waals surface area contributed by atoms with Crippen LogP contribution in [0, 0.1) is 17.8 Å². The van der Waals surface area contributed by atoms with Crippen molar-refractivity contribution in [2.45, 2.75) is 52.0 Å². The maximum absolute atomic E-state index is 3.73. The third-order valence-electron chi connectivity index (χ3n) is 3.99. The van der Waals surface area contributed by atoms with Crippen molar-refractivity contribution < 1.29 is 0 Å². The van der Waals surface area contributed by atoms with Gasteiger partial charge in [-0.05, 0) is 56.4 Å². The molecule has 0 aromatic heterocycles. The van der Waals surface area contributed by atoms with Crippen LogP contribution in [0.4, 0.5) is 0 Å². The lowest BCUT2D eigenvalue weighted by Crippen LogP contribution is -2.37. The van der Waals surface area contributed by atoms with Crippen LogP contribution in [0.3, 0.4) is 0 Å². The Morgan fingerprint density at radius 1 is 1.00 bits per heavy atom. The molecule has 0 saturated heterocycles. The van der Waals surface area contributed by atoms with Gasteiger partial charge >= 0.3 is 0 Å². The van der Waals surface area contributed by atoms with E-state index in [0.717, 1.165) is 23.8 Å². The van der Waals surface area contributed by atoms with Crippen LogP contribution >= 0.6 is 0 Å². The van der Waals surface area contributed by atoms with Crippen LogP contribution < -0.4 is 5.32 Å². The molecule has 0 amide bonds. The molecule has 2 saturated carbocycles. The molecule has 0 bridgehead atoms. The summed E-state index contributed by atoms with van der Waals surface area (Å²) in [5, 5.41) is 3.73. The Morgan fingerprint density at radius 2 is 1.77 bits per heavy atom. The van der Waals surface area contributed by atoms with Gasteiger partial charge in [-0.2, -0.15) is 0 Å². The van der Waals surface area contributed by atoms with Gasteiger partial charge in [-0.1, -0.05) is 13.8 Å². The highest BCUT2D eigenvalue weighted by Gasteiger charge is 2.26. The van der Waals surface area contributed by atoms with E-state index in [1.165, 1.54) is 38.6 Å². The fourth-order valence-electron chi connectivity index (χ4n) is 2.39. The second kappa shape index (κ2) is 4.00. The molecule has 0 aromatic rings. The zero-order valence-corrected chi connectivity index (χ0v) is 9.05. The molecule has 2 fully saturated rings. The highest BCUT2D eigenvalue weighted by Crippen LogP contribution is 2.31. The van der Waals surface area contributed by atoms with Gasteiger partial charge in [-0.3, -0.25) is 0 Å². The van der Waals surface area contributed by atoms with Gasteiger partial charge in [0.2, 0.25) is 0 Å². The third-order valence-corrected chi connectivity index (χ3v) is 3.99. The minimum atomic E-state index is 0.840. The maximum atomic E-state index is 3.73. The molecule has 1 nitrogen and oxygen atoms in total. The second-order valence-electron chi connectivity index (χ2n) is 5.32. The summed E-state index contributed by atoms with van der Waals surface area (Å²) in [5.74, 6) is 2.93. The van der Waals surface area contributed by atoms with Crippen LogP contribution in [-0.4, -0.2) is 12.6 Å². The van der Waals surface area contributed by atoms with Crippen LogP contribution in [-0.2, 0) is 0 Å². The van der Waals surface area contributed by atoms with Gasteiger partial charge in [0.1, 0.15) is 0 Å². The maximum Gasteiger partial charge on any atom is 0.00699 e. The normalized spacial score (nSPS) is 40.6. The van der Waals surface area contributed by atoms with Gasteiger partial charge in [0.05, 0.1) is 0 Å². The Labute approximate surface area is 82.3 Å². The molecule has 2 rings (SSSR count). The molecule has 13 heavy (non-hydrogen) atoms. The van der Waals surface area contributed by atoms with Crippen LogP contribution in [0.2, 0.25) is 0 Å². The van der Waals surface area contributed by atoms with Crippen molar-refractivity contribution in [1.82, 2.24) is 5.32 Å². The molecular formula is C12H23N. The molecule has 0 spiro atoms. The largest absolute Gasteiger partial charge is 0.314 e. The monoisotopic (exact) mass is 181 g/mol. The smallest absolute Gasteiger partial charge is 0.00699 e. The van der Waals surface area contributed by atoms with E-state index < -0.39 is 0 Å². The van der Waals surface area contributed by atoms with Gasteiger partial charge in [0.25, 0.3) is 0 Å². The topological polar surface area (TPSA) is 12.0 Å². The quantitative estimate of drug-likeness (QED) is 0.706. The van der Waals surface area contributed by atoms with Gasteiger partial charge < -0.3 is 5.32 Å². The molecule has 1 heteroatoms. The predicted molar refractivity (Wildman–Crippen MR) is 56.7 cm³/mol. The number of rotatable bonds is 3. The summed E-state index contributed by atoms with van der Waals surface area (Å²) >= 11 is 0. The Balaban J connectivity index is 1.68. The second-order valence-corrected chi connectivity index (χ2v) is 5.32. The molecule has 3 atom stereocenters. The van der Waals surface area contributed by atoms with Crippen LogP contribution in [0.25, 0.3) is 0 Å². The molecule has 2 aliphatic carbocycles. The van der Waals surface area contributed by atoms with Crippen molar-refractivity contribution in [3.8, 4) is 0 Å². The summed E-state index contributed by atoms with van der Waals surface area (Å²) in [6, 6.07) is 0.840. The molecule has 0 aromatic carbocycles. The third kappa shape index (κ3) is 2.70. The average molecular weight is 181 g/mol. The van der Waals surface area contributed by atoms with Crippen molar-refractivity contribution >= 4 is 0 Å². The van der Waals surface area contributed by atoms with Gasteiger partial charge in [-0.15, -0.1) is 0 Å². The zero-order valence-electron chi connectivity index (χ0n) is 9.05. The van der Waals surface area contributed by atoms with E-state index in [1.54, 1.807) is 0 Å². The van der Waals surface area contributed by atoms with E-state index in [9.17, 15) is 0 Å². The van der Waals surface area contributed by atoms with Gasteiger partial charge in [0, 0.05) is 6.04 Å². The number of hydrogen-bond donors (Lipinski definition) is 1. The molecule has 1 N–H and O–H groups in total. The van der Waals surface area contributed by atoms with E-state index in [0.29, 0.717) is 0 Å².